The number of amides is 1. The largest absolute Gasteiger partial charge is 0.488 e. The Morgan fingerprint density at radius 1 is 1.21 bits per heavy atom. The lowest BCUT2D eigenvalue weighted by Crippen LogP contribution is -2.53. The van der Waals surface area contributed by atoms with Crippen LogP contribution in [0.5, 0.6) is 5.75 Å². The Balaban J connectivity index is 2.08. The molecule has 1 saturated heterocycles. The molecule has 0 aromatic heterocycles. The van der Waals surface area contributed by atoms with E-state index >= 15 is 0 Å². The maximum absolute atomic E-state index is 12.5. The molecule has 0 radical (unpaired) electrons. The summed E-state index contributed by atoms with van der Waals surface area (Å²) in [5.41, 5.74) is -0.577. The highest BCUT2D eigenvalue weighted by atomic mass is 16.5. The number of aliphatic carboxylic acids is 1. The van der Waals surface area contributed by atoms with Gasteiger partial charge in [-0.2, -0.15) is 0 Å². The van der Waals surface area contributed by atoms with Crippen LogP contribution < -0.4 is 10.1 Å². The van der Waals surface area contributed by atoms with Crippen LogP contribution in [-0.4, -0.2) is 41.3 Å². The Kier molecular flexibility index (Phi) is 5.49. The summed E-state index contributed by atoms with van der Waals surface area (Å²) in [5.74, 6) is -0.517. The number of hydrogen-bond donors (Lipinski definition) is 2. The van der Waals surface area contributed by atoms with Gasteiger partial charge in [-0.25, -0.2) is 0 Å². The third kappa shape index (κ3) is 5.23. The van der Waals surface area contributed by atoms with E-state index in [9.17, 15) is 9.59 Å². The van der Waals surface area contributed by atoms with E-state index in [0.717, 1.165) is 0 Å². The van der Waals surface area contributed by atoms with Crippen LogP contribution in [-0.2, 0) is 9.53 Å². The summed E-state index contributed by atoms with van der Waals surface area (Å²) < 4.78 is 11.0. The topological polar surface area (TPSA) is 84.9 Å². The SMILES string of the molecule is CC(C)(C)Oc1ccc(C(=O)NC2(CC(=O)O)CCOCC2)cc1. The summed E-state index contributed by atoms with van der Waals surface area (Å²) in [6, 6.07) is 6.86. The molecule has 6 nitrogen and oxygen atoms in total. The van der Waals surface area contributed by atoms with Crippen molar-refractivity contribution < 1.29 is 24.2 Å². The molecular weight excluding hydrogens is 310 g/mol. The van der Waals surface area contributed by atoms with Gasteiger partial charge in [-0.05, 0) is 57.9 Å². The number of carbonyl (C=O) groups is 2. The number of ether oxygens (including phenoxy) is 2. The zero-order chi connectivity index (χ0) is 17.8. The molecule has 1 heterocycles. The van der Waals surface area contributed by atoms with Gasteiger partial charge in [-0.3, -0.25) is 9.59 Å². The second kappa shape index (κ2) is 7.21. The van der Waals surface area contributed by atoms with Crippen molar-refractivity contribution in [2.45, 2.75) is 51.2 Å². The van der Waals surface area contributed by atoms with Gasteiger partial charge in [-0.1, -0.05) is 0 Å². The number of rotatable bonds is 5. The molecule has 0 bridgehead atoms. The third-order valence-corrected chi connectivity index (χ3v) is 3.86. The predicted octanol–water partition coefficient (Wildman–Crippen LogP) is 2.62. The zero-order valence-corrected chi connectivity index (χ0v) is 14.4. The summed E-state index contributed by atoms with van der Waals surface area (Å²) in [4.78, 5) is 23.7. The molecule has 0 unspecified atom stereocenters. The van der Waals surface area contributed by atoms with Crippen LogP contribution in [0.3, 0.4) is 0 Å². The van der Waals surface area contributed by atoms with Crippen molar-refractivity contribution in [3.05, 3.63) is 29.8 Å². The fourth-order valence-electron chi connectivity index (χ4n) is 2.74. The minimum absolute atomic E-state index is 0.104. The smallest absolute Gasteiger partial charge is 0.305 e. The zero-order valence-electron chi connectivity index (χ0n) is 14.4. The molecule has 1 aliphatic heterocycles. The van der Waals surface area contributed by atoms with Crippen LogP contribution in [0.2, 0.25) is 0 Å². The van der Waals surface area contributed by atoms with Crippen LogP contribution in [0.4, 0.5) is 0 Å². The van der Waals surface area contributed by atoms with Gasteiger partial charge in [0.25, 0.3) is 5.91 Å². The minimum Gasteiger partial charge on any atom is -0.488 e. The summed E-state index contributed by atoms with van der Waals surface area (Å²) >= 11 is 0. The Hall–Kier alpha value is -2.08. The van der Waals surface area contributed by atoms with Crippen molar-refractivity contribution in [3.8, 4) is 5.75 Å². The van der Waals surface area contributed by atoms with E-state index in [2.05, 4.69) is 5.32 Å². The van der Waals surface area contributed by atoms with Crippen molar-refractivity contribution in [2.75, 3.05) is 13.2 Å². The Bertz CT molecular complexity index is 582. The van der Waals surface area contributed by atoms with Crippen molar-refractivity contribution in [2.24, 2.45) is 0 Å². The van der Waals surface area contributed by atoms with Gasteiger partial charge in [0, 0.05) is 18.8 Å². The maximum atomic E-state index is 12.5. The fraction of sp³-hybridized carbons (Fsp3) is 0.556. The van der Waals surface area contributed by atoms with Crippen LogP contribution in [0, 0.1) is 0 Å². The highest BCUT2D eigenvalue weighted by Gasteiger charge is 2.36. The molecule has 0 spiro atoms. The molecule has 2 N–H and O–H groups in total. The van der Waals surface area contributed by atoms with Gasteiger partial charge in [0.1, 0.15) is 11.4 Å². The summed E-state index contributed by atoms with van der Waals surface area (Å²) in [7, 11) is 0. The number of hydrogen-bond acceptors (Lipinski definition) is 4. The van der Waals surface area contributed by atoms with Gasteiger partial charge < -0.3 is 19.9 Å². The van der Waals surface area contributed by atoms with E-state index in [1.54, 1.807) is 24.3 Å². The van der Waals surface area contributed by atoms with Crippen molar-refractivity contribution in [1.29, 1.82) is 0 Å². The molecule has 0 atom stereocenters. The van der Waals surface area contributed by atoms with Crippen molar-refractivity contribution in [1.82, 2.24) is 5.32 Å². The second-order valence-corrected chi connectivity index (χ2v) is 7.16. The molecule has 1 fully saturated rings. The Labute approximate surface area is 142 Å². The average molecular weight is 335 g/mol. The standard InChI is InChI=1S/C18H25NO5/c1-17(2,3)24-14-6-4-13(5-7-14)16(22)19-18(12-15(20)21)8-10-23-11-9-18/h4-7H,8-12H2,1-3H3,(H,19,22)(H,20,21). The fourth-order valence-corrected chi connectivity index (χ4v) is 2.74. The number of carboxylic acid groups (broad SMARTS) is 1. The first-order chi connectivity index (χ1) is 11.2. The Morgan fingerprint density at radius 2 is 1.79 bits per heavy atom. The Morgan fingerprint density at radius 3 is 2.29 bits per heavy atom. The van der Waals surface area contributed by atoms with E-state index in [1.807, 2.05) is 20.8 Å². The van der Waals surface area contributed by atoms with Gasteiger partial charge in [0.15, 0.2) is 0 Å². The van der Waals surface area contributed by atoms with Gasteiger partial charge in [-0.15, -0.1) is 0 Å². The number of nitrogens with one attached hydrogen (secondary N) is 1. The lowest BCUT2D eigenvalue weighted by Gasteiger charge is -2.36. The molecule has 0 saturated carbocycles. The molecule has 1 amide bonds. The van der Waals surface area contributed by atoms with Crippen LogP contribution in [0.25, 0.3) is 0 Å². The number of carbonyl (C=O) groups excluding carboxylic acids is 1. The molecule has 24 heavy (non-hydrogen) atoms. The van der Waals surface area contributed by atoms with Gasteiger partial charge in [0.05, 0.1) is 12.0 Å². The molecule has 2 rings (SSSR count). The van der Waals surface area contributed by atoms with Crippen LogP contribution >= 0.6 is 0 Å². The molecule has 1 aliphatic rings. The molecule has 132 valence electrons. The number of carboxylic acids is 1. The van der Waals surface area contributed by atoms with Crippen LogP contribution in [0.15, 0.2) is 24.3 Å². The van der Waals surface area contributed by atoms with Gasteiger partial charge in [0.2, 0.25) is 0 Å². The van der Waals surface area contributed by atoms with Crippen LogP contribution in [0.1, 0.15) is 50.4 Å². The third-order valence-electron chi connectivity index (χ3n) is 3.86. The highest BCUT2D eigenvalue weighted by Crippen LogP contribution is 2.26. The molecule has 0 aliphatic carbocycles. The number of benzene rings is 1. The first-order valence-corrected chi connectivity index (χ1v) is 8.10. The highest BCUT2D eigenvalue weighted by molar-refractivity contribution is 5.95. The average Bonchev–Trinajstić information content (AvgIpc) is 2.46. The van der Waals surface area contributed by atoms with Crippen molar-refractivity contribution >= 4 is 11.9 Å². The lowest BCUT2D eigenvalue weighted by atomic mass is 9.86. The first-order valence-electron chi connectivity index (χ1n) is 8.10. The van der Waals surface area contributed by atoms with E-state index in [-0.39, 0.29) is 17.9 Å². The normalized spacial score (nSPS) is 17.1. The first kappa shape index (κ1) is 18.3. The summed E-state index contributed by atoms with van der Waals surface area (Å²) in [6.45, 7) is 6.76. The minimum atomic E-state index is -0.925. The maximum Gasteiger partial charge on any atom is 0.305 e. The quantitative estimate of drug-likeness (QED) is 0.864. The van der Waals surface area contributed by atoms with E-state index in [0.29, 0.717) is 37.4 Å². The van der Waals surface area contributed by atoms with Crippen molar-refractivity contribution in [3.63, 3.8) is 0 Å². The molecular formula is C18H25NO5. The second-order valence-electron chi connectivity index (χ2n) is 7.16. The van der Waals surface area contributed by atoms with E-state index in [4.69, 9.17) is 14.6 Å². The summed E-state index contributed by atoms with van der Waals surface area (Å²) in [5, 5.41) is 12.1. The van der Waals surface area contributed by atoms with E-state index < -0.39 is 11.5 Å². The molecule has 1 aromatic carbocycles. The lowest BCUT2D eigenvalue weighted by molar-refractivity contribution is -0.139. The predicted molar refractivity (Wildman–Crippen MR) is 89.3 cm³/mol. The monoisotopic (exact) mass is 335 g/mol. The van der Waals surface area contributed by atoms with E-state index in [1.165, 1.54) is 0 Å². The molecule has 1 aromatic rings. The van der Waals surface area contributed by atoms with Gasteiger partial charge >= 0.3 is 5.97 Å². The summed E-state index contributed by atoms with van der Waals surface area (Å²) in [6.07, 6.45) is 0.889. The molecule has 6 heteroatoms.